The summed E-state index contributed by atoms with van der Waals surface area (Å²) < 4.78 is 8.50. The Kier molecular flexibility index (Phi) is 5.98. The molecule has 1 aromatic heterocycles. The minimum Gasteiger partial charge on any atom is -0.509 e. The van der Waals surface area contributed by atoms with E-state index in [4.69, 9.17) is 4.74 Å². The fourth-order valence-electron chi connectivity index (χ4n) is 4.94. The molecule has 0 aliphatic carbocycles. The topological polar surface area (TPSA) is 20.6 Å². The predicted octanol–water partition coefficient (Wildman–Crippen LogP) is 7.68. The molecule has 0 radical (unpaired) electrons. The third-order valence-electron chi connectivity index (χ3n) is 6.55. The molecule has 7 rings (SSSR count). The van der Waals surface area contributed by atoms with Gasteiger partial charge in [0.25, 0.3) is 0 Å². The van der Waals surface area contributed by atoms with E-state index >= 15 is 0 Å². The van der Waals surface area contributed by atoms with Crippen molar-refractivity contribution < 1.29 is 25.8 Å². The number of ether oxygens (including phenoxy) is 1. The van der Waals surface area contributed by atoms with Crippen molar-refractivity contribution in [1.29, 1.82) is 0 Å². The van der Waals surface area contributed by atoms with Crippen LogP contribution in [0.4, 0.5) is 17.1 Å². The van der Waals surface area contributed by atoms with Crippen LogP contribution >= 0.6 is 0 Å². The molecule has 0 bridgehead atoms. The van der Waals surface area contributed by atoms with E-state index in [2.05, 4.69) is 93.8 Å². The summed E-state index contributed by atoms with van der Waals surface area (Å²) in [5.74, 6) is 1.29. The number of benzene rings is 5. The van der Waals surface area contributed by atoms with Crippen molar-refractivity contribution in [2.75, 3.05) is 16.8 Å². The van der Waals surface area contributed by atoms with Gasteiger partial charge in [-0.15, -0.1) is 48.2 Å². The van der Waals surface area contributed by atoms with Gasteiger partial charge in [0.15, 0.2) is 0 Å². The van der Waals surface area contributed by atoms with Gasteiger partial charge < -0.3 is 19.1 Å². The van der Waals surface area contributed by atoms with Crippen LogP contribution in [-0.4, -0.2) is 11.6 Å². The summed E-state index contributed by atoms with van der Waals surface area (Å²) in [6.45, 7) is 2.06. The van der Waals surface area contributed by atoms with Gasteiger partial charge >= 0.3 is 21.1 Å². The van der Waals surface area contributed by atoms with Crippen molar-refractivity contribution in [3.05, 3.63) is 128 Å². The van der Waals surface area contributed by atoms with Crippen molar-refractivity contribution in [2.45, 2.75) is 0 Å². The van der Waals surface area contributed by atoms with Gasteiger partial charge in [-0.1, -0.05) is 46.9 Å². The molecule has 37 heavy (non-hydrogen) atoms. The molecule has 0 atom stereocenters. The van der Waals surface area contributed by atoms with E-state index in [9.17, 15) is 0 Å². The Balaban J connectivity index is 0.00000252. The Bertz CT molecular complexity index is 1730. The first-order valence-electron chi connectivity index (χ1n) is 11.8. The summed E-state index contributed by atoms with van der Waals surface area (Å²) in [6.07, 6.45) is 0. The molecular weight excluding hydrogens is 637 g/mol. The minimum absolute atomic E-state index is 0. The zero-order valence-corrected chi connectivity index (χ0v) is 22.2. The van der Waals surface area contributed by atoms with Gasteiger partial charge in [0.1, 0.15) is 0 Å². The average molecular weight is 659 g/mol. The standard InChI is InChI=1S/C32H21N3O.Pt/c1-33-22-34(32-17-8-7-16-31(32)33)24-12-9-13-25(20-24)36-26-18-19-30-28(21-26)27-14-5-6-15-29(27)35(30)23-10-3-2-4-11-23;/h2-10,12-17,19,21-22H,1H3;/q-4;+4. The normalized spacial score (nSPS) is 12.6. The number of fused-ring (bicyclic) bond motifs is 4. The third kappa shape index (κ3) is 3.98. The monoisotopic (exact) mass is 658 g/mol. The van der Waals surface area contributed by atoms with Crippen LogP contribution in [0.3, 0.4) is 0 Å². The second kappa shape index (κ2) is 9.46. The first-order chi connectivity index (χ1) is 17.8. The second-order valence-electron chi connectivity index (χ2n) is 8.78. The van der Waals surface area contributed by atoms with Crippen LogP contribution in [0.2, 0.25) is 0 Å². The number of para-hydroxylation sites is 4. The molecule has 1 aliphatic rings. The molecule has 0 saturated carbocycles. The van der Waals surface area contributed by atoms with Crippen LogP contribution in [0.25, 0.3) is 27.5 Å². The molecule has 5 aromatic carbocycles. The van der Waals surface area contributed by atoms with E-state index in [1.54, 1.807) is 0 Å². The van der Waals surface area contributed by atoms with Gasteiger partial charge in [0.05, 0.1) is 0 Å². The summed E-state index contributed by atoms with van der Waals surface area (Å²) in [5, 5.41) is 2.27. The Labute approximate surface area is 230 Å². The smallest absolute Gasteiger partial charge is 0.509 e. The zero-order valence-electron chi connectivity index (χ0n) is 20.0. The maximum Gasteiger partial charge on any atom is 4.00 e. The molecule has 0 fully saturated rings. The third-order valence-corrected chi connectivity index (χ3v) is 6.55. The Morgan fingerprint density at radius 2 is 1.49 bits per heavy atom. The first-order valence-corrected chi connectivity index (χ1v) is 11.8. The number of aromatic nitrogens is 1. The van der Waals surface area contributed by atoms with Crippen LogP contribution in [0.1, 0.15) is 0 Å². The molecule has 0 N–H and O–H groups in total. The molecule has 6 aromatic rings. The van der Waals surface area contributed by atoms with E-state index in [-0.39, 0.29) is 21.1 Å². The molecule has 4 nitrogen and oxygen atoms in total. The number of hydrogen-bond donors (Lipinski definition) is 0. The number of anilines is 3. The van der Waals surface area contributed by atoms with Gasteiger partial charge in [0.2, 0.25) is 0 Å². The maximum absolute atomic E-state index is 6.28. The molecule has 5 heteroatoms. The summed E-state index contributed by atoms with van der Waals surface area (Å²) >= 11 is 0. The van der Waals surface area contributed by atoms with Gasteiger partial charge in [-0.3, -0.25) is 0 Å². The average Bonchev–Trinajstić information content (AvgIpc) is 3.44. The van der Waals surface area contributed by atoms with Crippen molar-refractivity contribution in [2.24, 2.45) is 0 Å². The van der Waals surface area contributed by atoms with E-state index in [0.29, 0.717) is 11.5 Å². The molecular formula is C32H21N3OPt. The van der Waals surface area contributed by atoms with Crippen LogP contribution in [-0.2, 0) is 21.1 Å². The Morgan fingerprint density at radius 3 is 2.35 bits per heavy atom. The van der Waals surface area contributed by atoms with Crippen LogP contribution in [0.5, 0.6) is 11.5 Å². The number of rotatable bonds is 4. The van der Waals surface area contributed by atoms with Crippen molar-refractivity contribution in [1.82, 2.24) is 4.57 Å². The van der Waals surface area contributed by atoms with E-state index in [1.165, 1.54) is 0 Å². The Morgan fingerprint density at radius 1 is 0.703 bits per heavy atom. The molecule has 180 valence electrons. The molecule has 2 heterocycles. The quantitative estimate of drug-likeness (QED) is 0.181. The largest absolute Gasteiger partial charge is 4.00 e. The van der Waals surface area contributed by atoms with E-state index in [1.807, 2.05) is 55.6 Å². The van der Waals surface area contributed by atoms with Crippen LogP contribution in [0, 0.1) is 24.9 Å². The molecule has 0 unspecified atom stereocenters. The molecule has 0 spiro atoms. The fraction of sp³-hybridized carbons (Fsp3) is 0.0312. The minimum atomic E-state index is 0. The summed E-state index contributed by atoms with van der Waals surface area (Å²) in [4.78, 5) is 4.23. The van der Waals surface area contributed by atoms with Crippen molar-refractivity contribution in [3.8, 4) is 17.2 Å². The Hall–Kier alpha value is -4.01. The van der Waals surface area contributed by atoms with E-state index < -0.39 is 0 Å². The SMILES string of the molecule is CN1[CH-]N(c2[c-]c(Oc3[c-]cc4c(c3)c3ccccc3n4-c3[c-]cccc3)ccc2)c2ccccc21.[Pt+4]. The first kappa shape index (κ1) is 23.4. The van der Waals surface area contributed by atoms with Gasteiger partial charge in [0, 0.05) is 28.4 Å². The summed E-state index contributed by atoms with van der Waals surface area (Å²) in [7, 11) is 2.05. The number of nitrogens with zero attached hydrogens (tertiary/aromatic N) is 3. The van der Waals surface area contributed by atoms with Gasteiger partial charge in [-0.2, -0.15) is 37.0 Å². The molecule has 1 aliphatic heterocycles. The van der Waals surface area contributed by atoms with Crippen molar-refractivity contribution in [3.63, 3.8) is 0 Å². The van der Waals surface area contributed by atoms with Crippen LogP contribution < -0.4 is 14.5 Å². The molecule has 0 amide bonds. The van der Waals surface area contributed by atoms with E-state index in [0.717, 1.165) is 44.6 Å². The predicted molar refractivity (Wildman–Crippen MR) is 145 cm³/mol. The fourth-order valence-corrected chi connectivity index (χ4v) is 4.94. The zero-order chi connectivity index (χ0) is 24.1. The van der Waals surface area contributed by atoms with Gasteiger partial charge in [-0.25, -0.2) is 0 Å². The summed E-state index contributed by atoms with van der Waals surface area (Å²) in [6, 6.07) is 44.9. The summed E-state index contributed by atoms with van der Waals surface area (Å²) in [5.41, 5.74) is 6.38. The van der Waals surface area contributed by atoms with Crippen LogP contribution in [0.15, 0.2) is 103 Å². The van der Waals surface area contributed by atoms with Crippen molar-refractivity contribution >= 4 is 38.9 Å². The molecule has 0 saturated heterocycles. The number of hydrogen-bond acceptors (Lipinski definition) is 3. The second-order valence-corrected chi connectivity index (χ2v) is 8.78. The van der Waals surface area contributed by atoms with Gasteiger partial charge in [-0.05, 0) is 30.6 Å². The maximum atomic E-state index is 6.28.